The number of rotatable bonds is 5. The Balaban J connectivity index is 1.79. The van der Waals surface area contributed by atoms with Crippen molar-refractivity contribution in [2.75, 3.05) is 10.9 Å². The van der Waals surface area contributed by atoms with E-state index in [2.05, 4.69) is 0 Å². The molecule has 1 aliphatic rings. The van der Waals surface area contributed by atoms with Crippen molar-refractivity contribution in [3.05, 3.63) is 72.1 Å². The first kappa shape index (κ1) is 21.8. The highest BCUT2D eigenvalue weighted by molar-refractivity contribution is 7.92. The summed E-state index contributed by atoms with van der Waals surface area (Å²) >= 11 is 0. The Hall–Kier alpha value is -3.40. The van der Waals surface area contributed by atoms with Crippen molar-refractivity contribution in [3.8, 4) is 11.4 Å². The van der Waals surface area contributed by atoms with E-state index in [0.29, 0.717) is 12.1 Å². The molecule has 32 heavy (non-hydrogen) atoms. The van der Waals surface area contributed by atoms with Crippen molar-refractivity contribution in [1.82, 2.24) is 4.57 Å². The summed E-state index contributed by atoms with van der Waals surface area (Å²) in [5, 5.41) is 0. The number of carbonyl (C=O) groups is 1. The number of halogens is 2. The molecule has 168 valence electrons. The van der Waals surface area contributed by atoms with Crippen LogP contribution in [0.2, 0.25) is 0 Å². The molecule has 0 saturated carbocycles. The predicted octanol–water partition coefficient (Wildman–Crippen LogP) is 4.95. The van der Waals surface area contributed by atoms with Crippen LogP contribution < -0.4 is 9.04 Å². The molecule has 0 fully saturated rings. The van der Waals surface area contributed by atoms with Crippen molar-refractivity contribution in [2.45, 2.75) is 31.2 Å². The lowest BCUT2D eigenvalue weighted by Gasteiger charge is -2.38. The molecule has 2 heterocycles. The van der Waals surface area contributed by atoms with Crippen molar-refractivity contribution in [3.63, 3.8) is 0 Å². The number of fused-ring (bicyclic) bond motifs is 3. The van der Waals surface area contributed by atoms with E-state index in [1.165, 1.54) is 47.0 Å². The van der Waals surface area contributed by atoms with E-state index in [-0.39, 0.29) is 28.6 Å². The lowest BCUT2D eigenvalue weighted by Crippen LogP contribution is -2.39. The molecule has 0 aliphatic carbocycles. The highest BCUT2D eigenvalue weighted by Crippen LogP contribution is 2.44. The Morgan fingerprint density at radius 2 is 1.72 bits per heavy atom. The molecular weight excluding hydrogens is 442 g/mol. The van der Waals surface area contributed by atoms with Gasteiger partial charge in [0, 0.05) is 11.8 Å². The highest BCUT2D eigenvalue weighted by atomic mass is 32.2. The molecule has 7 nitrogen and oxygen atoms in total. The number of hydrogen-bond acceptors (Lipinski definition) is 5. The van der Waals surface area contributed by atoms with Gasteiger partial charge in [-0.2, -0.15) is 4.39 Å². The summed E-state index contributed by atoms with van der Waals surface area (Å²) in [5.74, 6) is -1.10. The second kappa shape index (κ2) is 8.27. The first-order valence-corrected chi connectivity index (χ1v) is 11.4. The Morgan fingerprint density at radius 3 is 2.38 bits per heavy atom. The van der Waals surface area contributed by atoms with Crippen molar-refractivity contribution >= 4 is 21.9 Å². The Kier molecular flexibility index (Phi) is 5.64. The van der Waals surface area contributed by atoms with Crippen LogP contribution >= 0.6 is 0 Å². The van der Waals surface area contributed by atoms with Crippen LogP contribution in [0.1, 0.15) is 32.0 Å². The summed E-state index contributed by atoms with van der Waals surface area (Å²) in [6.07, 6.45) is -0.583. The third-order valence-electron chi connectivity index (χ3n) is 5.13. The lowest BCUT2D eigenvalue weighted by atomic mass is 10.1. The topological polar surface area (TPSA) is 77.8 Å². The fourth-order valence-corrected chi connectivity index (χ4v) is 5.50. The van der Waals surface area contributed by atoms with E-state index in [1.54, 1.807) is 13.8 Å². The van der Waals surface area contributed by atoms with Crippen molar-refractivity contribution < 1.29 is 31.5 Å². The summed E-state index contributed by atoms with van der Waals surface area (Å²) < 4.78 is 68.0. The maximum Gasteiger partial charge on any atom is 0.513 e. The van der Waals surface area contributed by atoms with Gasteiger partial charge in [0.2, 0.25) is 0 Å². The lowest BCUT2D eigenvalue weighted by molar-refractivity contribution is 0.104. The summed E-state index contributed by atoms with van der Waals surface area (Å²) in [5.41, 5.74) is 0.695. The van der Waals surface area contributed by atoms with Crippen LogP contribution in [0, 0.1) is 11.8 Å². The largest absolute Gasteiger partial charge is 0.513 e. The number of anilines is 1. The molecule has 1 aromatic heterocycles. The van der Waals surface area contributed by atoms with E-state index >= 15 is 0 Å². The fourth-order valence-electron chi connectivity index (χ4n) is 3.80. The van der Waals surface area contributed by atoms with Gasteiger partial charge in [0.05, 0.1) is 28.9 Å². The summed E-state index contributed by atoms with van der Waals surface area (Å²) in [7, 11) is -4.18. The number of ether oxygens (including phenoxy) is 2. The van der Waals surface area contributed by atoms with E-state index in [9.17, 15) is 22.0 Å². The second-order valence-corrected chi connectivity index (χ2v) is 8.85. The third kappa shape index (κ3) is 3.60. The van der Waals surface area contributed by atoms with Gasteiger partial charge in [-0.1, -0.05) is 6.92 Å². The molecule has 4 rings (SSSR count). The molecular formula is C22H20F2N2O5S. The van der Waals surface area contributed by atoms with E-state index in [0.717, 1.165) is 16.4 Å². The Morgan fingerprint density at radius 1 is 1.00 bits per heavy atom. The zero-order chi connectivity index (χ0) is 23.0. The van der Waals surface area contributed by atoms with Gasteiger partial charge in [-0.15, -0.1) is 0 Å². The molecule has 1 unspecified atom stereocenters. The number of sulfonamides is 1. The number of aromatic nitrogens is 1. The second-order valence-electron chi connectivity index (χ2n) is 7.03. The molecule has 0 bridgehead atoms. The predicted molar refractivity (Wildman–Crippen MR) is 112 cm³/mol. The van der Waals surface area contributed by atoms with Gasteiger partial charge in [-0.05, 0) is 61.9 Å². The SMILES string of the molecule is CCOC(=O)Oc1ccc(S(=O)(=O)N2c3cc(F)ccc3-n3c(F)ccc3C2CC)cc1. The van der Waals surface area contributed by atoms with Crippen LogP contribution in [0.3, 0.4) is 0 Å². The standard InChI is InChI=1S/C22H20F2N2O5S/c1-3-17-18-11-12-21(24)25(18)19-10-5-14(23)13-20(19)26(17)32(28,29)16-8-6-15(7-9-16)31-22(27)30-4-2/h5-13,17H,3-4H2,1-2H3. The molecule has 0 N–H and O–H groups in total. The highest BCUT2D eigenvalue weighted by Gasteiger charge is 2.39. The van der Waals surface area contributed by atoms with Crippen LogP contribution in [0.5, 0.6) is 5.75 Å². The molecule has 10 heteroatoms. The van der Waals surface area contributed by atoms with E-state index in [4.69, 9.17) is 9.47 Å². The zero-order valence-electron chi connectivity index (χ0n) is 17.3. The third-order valence-corrected chi connectivity index (χ3v) is 6.97. The van der Waals surface area contributed by atoms with Gasteiger partial charge in [-0.3, -0.25) is 8.87 Å². The Labute approximate surface area is 183 Å². The first-order chi connectivity index (χ1) is 15.3. The quantitative estimate of drug-likeness (QED) is 0.396. The molecule has 0 saturated heterocycles. The van der Waals surface area contributed by atoms with Crippen LogP contribution in [-0.4, -0.2) is 25.7 Å². The minimum Gasteiger partial charge on any atom is -0.434 e. The first-order valence-electron chi connectivity index (χ1n) is 9.94. The van der Waals surface area contributed by atoms with Crippen molar-refractivity contribution in [1.29, 1.82) is 0 Å². The summed E-state index contributed by atoms with van der Waals surface area (Å²) in [6, 6.07) is 10.8. The normalized spacial score (nSPS) is 15.1. The fraction of sp³-hybridized carbons (Fsp3) is 0.227. The Bertz CT molecular complexity index is 1270. The number of carbonyl (C=O) groups excluding carboxylic acids is 1. The van der Waals surface area contributed by atoms with Crippen LogP contribution in [0.4, 0.5) is 19.3 Å². The summed E-state index contributed by atoms with van der Waals surface area (Å²) in [4.78, 5) is 11.4. The van der Waals surface area contributed by atoms with Gasteiger partial charge in [0.25, 0.3) is 10.0 Å². The monoisotopic (exact) mass is 462 g/mol. The van der Waals surface area contributed by atoms with E-state index < -0.39 is 34.0 Å². The van der Waals surface area contributed by atoms with Crippen LogP contribution in [0.25, 0.3) is 5.69 Å². The average Bonchev–Trinajstić information content (AvgIpc) is 3.14. The van der Waals surface area contributed by atoms with Crippen molar-refractivity contribution in [2.24, 2.45) is 0 Å². The average molecular weight is 462 g/mol. The molecule has 0 amide bonds. The minimum atomic E-state index is -4.18. The molecule has 0 spiro atoms. The smallest absolute Gasteiger partial charge is 0.434 e. The zero-order valence-corrected chi connectivity index (χ0v) is 18.1. The van der Waals surface area contributed by atoms with Crippen LogP contribution in [0.15, 0.2) is 59.5 Å². The van der Waals surface area contributed by atoms with Gasteiger partial charge in [0.15, 0.2) is 5.95 Å². The minimum absolute atomic E-state index is 0.0336. The summed E-state index contributed by atoms with van der Waals surface area (Å²) in [6.45, 7) is 3.53. The molecule has 1 atom stereocenters. The molecule has 2 aromatic carbocycles. The van der Waals surface area contributed by atoms with Gasteiger partial charge in [0.1, 0.15) is 11.6 Å². The maximum atomic E-state index is 14.5. The number of benzene rings is 2. The number of hydrogen-bond donors (Lipinski definition) is 0. The molecule has 0 radical (unpaired) electrons. The van der Waals surface area contributed by atoms with Gasteiger partial charge < -0.3 is 9.47 Å². The van der Waals surface area contributed by atoms with E-state index in [1.807, 2.05) is 0 Å². The maximum absolute atomic E-state index is 14.5. The molecule has 1 aliphatic heterocycles. The number of nitrogens with zero attached hydrogens (tertiary/aromatic N) is 2. The van der Waals surface area contributed by atoms with Crippen LogP contribution in [-0.2, 0) is 14.8 Å². The van der Waals surface area contributed by atoms with Gasteiger partial charge >= 0.3 is 6.16 Å². The molecule has 3 aromatic rings. The van der Waals surface area contributed by atoms with Gasteiger partial charge in [-0.25, -0.2) is 17.6 Å².